The van der Waals surface area contributed by atoms with Gasteiger partial charge in [-0.25, -0.2) is 9.78 Å². The Hall–Kier alpha value is -1.73. The second kappa shape index (κ2) is 5.50. The van der Waals surface area contributed by atoms with Crippen LogP contribution in [0.3, 0.4) is 0 Å². The molecule has 0 saturated heterocycles. The summed E-state index contributed by atoms with van der Waals surface area (Å²) in [6, 6.07) is 4.59. The maximum atomic E-state index is 12.0. The quantitative estimate of drug-likeness (QED) is 0.899. The number of benzene rings is 1. The molecule has 1 heterocycles. The van der Waals surface area contributed by atoms with E-state index >= 15 is 0 Å². The van der Waals surface area contributed by atoms with E-state index in [0.29, 0.717) is 14.5 Å². The minimum Gasteiger partial charge on any atom is -0.478 e. The Balaban J connectivity index is 2.25. The minimum absolute atomic E-state index is 0.131. The molecule has 0 aliphatic carbocycles. The van der Waals surface area contributed by atoms with Crippen LogP contribution in [0.5, 0.6) is 0 Å². The van der Waals surface area contributed by atoms with E-state index in [-0.39, 0.29) is 11.5 Å². The van der Waals surface area contributed by atoms with Crippen molar-refractivity contribution in [3.05, 3.63) is 44.3 Å². The first-order valence-corrected chi connectivity index (χ1v) is 6.85. The van der Waals surface area contributed by atoms with Crippen LogP contribution in [0.1, 0.15) is 25.6 Å². The second-order valence-electron chi connectivity index (χ2n) is 3.77. The van der Waals surface area contributed by atoms with Crippen molar-refractivity contribution in [1.29, 1.82) is 0 Å². The summed E-state index contributed by atoms with van der Waals surface area (Å²) in [6.07, 6.45) is 1.46. The van der Waals surface area contributed by atoms with Gasteiger partial charge in [0.05, 0.1) is 11.8 Å². The van der Waals surface area contributed by atoms with E-state index in [1.165, 1.54) is 29.7 Å². The van der Waals surface area contributed by atoms with Gasteiger partial charge in [-0.2, -0.15) is 0 Å². The molecule has 19 heavy (non-hydrogen) atoms. The summed E-state index contributed by atoms with van der Waals surface area (Å²) in [5.74, 6) is -1.34. The SMILES string of the molecule is Cc1ccc(C(=O)O)cc1NC(=O)c1cnc(Br)s1. The monoisotopic (exact) mass is 340 g/mol. The molecule has 98 valence electrons. The van der Waals surface area contributed by atoms with Crippen LogP contribution in [0.2, 0.25) is 0 Å². The fraction of sp³-hybridized carbons (Fsp3) is 0.0833. The van der Waals surface area contributed by atoms with E-state index < -0.39 is 5.97 Å². The van der Waals surface area contributed by atoms with Gasteiger partial charge in [0.25, 0.3) is 5.91 Å². The first-order chi connectivity index (χ1) is 8.97. The number of carboxylic acid groups (broad SMARTS) is 1. The molecule has 0 unspecified atom stereocenters. The Labute approximate surface area is 121 Å². The normalized spacial score (nSPS) is 10.2. The summed E-state index contributed by atoms with van der Waals surface area (Å²) in [5.41, 5.74) is 1.41. The van der Waals surface area contributed by atoms with Gasteiger partial charge in [0, 0.05) is 5.69 Å². The third-order valence-corrected chi connectivity index (χ3v) is 3.91. The highest BCUT2D eigenvalue weighted by Crippen LogP contribution is 2.22. The Bertz CT molecular complexity index is 654. The largest absolute Gasteiger partial charge is 0.478 e. The van der Waals surface area contributed by atoms with E-state index in [1.54, 1.807) is 13.0 Å². The Morgan fingerprint density at radius 3 is 2.74 bits per heavy atom. The molecule has 0 aliphatic rings. The number of aryl methyl sites for hydroxylation is 1. The smallest absolute Gasteiger partial charge is 0.335 e. The fourth-order valence-corrected chi connectivity index (χ4v) is 2.59. The number of nitrogens with one attached hydrogen (secondary N) is 1. The molecule has 2 N–H and O–H groups in total. The standard InChI is InChI=1S/C12H9BrN2O3S/c1-6-2-3-7(11(17)18)4-8(6)15-10(16)9-5-14-12(13)19-9/h2-5H,1H3,(H,15,16)(H,17,18). The van der Waals surface area contributed by atoms with Gasteiger partial charge in [-0.15, -0.1) is 11.3 Å². The molecule has 2 aromatic rings. The molecule has 0 radical (unpaired) electrons. The van der Waals surface area contributed by atoms with Crippen LogP contribution in [-0.2, 0) is 0 Å². The highest BCUT2D eigenvalue weighted by molar-refractivity contribution is 9.11. The summed E-state index contributed by atoms with van der Waals surface area (Å²) in [6.45, 7) is 1.80. The molecular weight excluding hydrogens is 332 g/mol. The van der Waals surface area contributed by atoms with Gasteiger partial charge in [0.1, 0.15) is 4.88 Å². The van der Waals surface area contributed by atoms with Crippen LogP contribution >= 0.6 is 27.3 Å². The van der Waals surface area contributed by atoms with Crippen molar-refractivity contribution >= 4 is 44.8 Å². The molecule has 1 aromatic carbocycles. The van der Waals surface area contributed by atoms with Crippen LogP contribution < -0.4 is 5.32 Å². The molecule has 0 spiro atoms. The third kappa shape index (κ3) is 3.18. The maximum absolute atomic E-state index is 12.0. The van der Waals surface area contributed by atoms with Crippen molar-refractivity contribution in [2.75, 3.05) is 5.32 Å². The first kappa shape index (κ1) is 13.7. The lowest BCUT2D eigenvalue weighted by Crippen LogP contribution is -2.12. The van der Waals surface area contributed by atoms with Gasteiger partial charge >= 0.3 is 5.97 Å². The van der Waals surface area contributed by atoms with Gasteiger partial charge in [0.15, 0.2) is 3.92 Å². The van der Waals surface area contributed by atoms with Crippen molar-refractivity contribution in [3.63, 3.8) is 0 Å². The molecule has 2 rings (SSSR count). The molecule has 0 atom stereocenters. The third-order valence-electron chi connectivity index (χ3n) is 2.43. The van der Waals surface area contributed by atoms with Crippen molar-refractivity contribution in [2.45, 2.75) is 6.92 Å². The van der Waals surface area contributed by atoms with Crippen LogP contribution in [0.25, 0.3) is 0 Å². The lowest BCUT2D eigenvalue weighted by molar-refractivity contribution is 0.0696. The zero-order chi connectivity index (χ0) is 14.0. The van der Waals surface area contributed by atoms with Gasteiger partial charge in [0.2, 0.25) is 0 Å². The first-order valence-electron chi connectivity index (χ1n) is 5.24. The predicted molar refractivity (Wildman–Crippen MR) is 75.9 cm³/mol. The lowest BCUT2D eigenvalue weighted by atomic mass is 10.1. The average Bonchev–Trinajstić information content (AvgIpc) is 2.78. The topological polar surface area (TPSA) is 79.3 Å². The number of aromatic carboxylic acids is 1. The number of halogens is 1. The van der Waals surface area contributed by atoms with Crippen LogP contribution in [0.4, 0.5) is 5.69 Å². The molecule has 7 heteroatoms. The summed E-state index contributed by atoms with van der Waals surface area (Å²) >= 11 is 4.39. The predicted octanol–water partition coefficient (Wildman–Crippen LogP) is 3.16. The molecule has 0 saturated carbocycles. The lowest BCUT2D eigenvalue weighted by Gasteiger charge is -2.08. The second-order valence-corrected chi connectivity index (χ2v) is 6.07. The summed E-state index contributed by atoms with van der Waals surface area (Å²) < 4.78 is 0.619. The number of hydrogen-bond donors (Lipinski definition) is 2. The molecule has 1 amide bonds. The highest BCUT2D eigenvalue weighted by Gasteiger charge is 2.12. The highest BCUT2D eigenvalue weighted by atomic mass is 79.9. The van der Waals surface area contributed by atoms with E-state index in [1.807, 2.05) is 0 Å². The molecule has 0 bridgehead atoms. The van der Waals surface area contributed by atoms with Crippen molar-refractivity contribution in [2.24, 2.45) is 0 Å². The summed E-state index contributed by atoms with van der Waals surface area (Å²) in [7, 11) is 0. The van der Waals surface area contributed by atoms with Crippen LogP contribution in [0, 0.1) is 6.92 Å². The molecule has 1 aromatic heterocycles. The Morgan fingerprint density at radius 2 is 2.16 bits per heavy atom. The Morgan fingerprint density at radius 1 is 1.42 bits per heavy atom. The number of rotatable bonds is 3. The number of anilines is 1. The van der Waals surface area contributed by atoms with E-state index in [9.17, 15) is 9.59 Å². The molecule has 5 nitrogen and oxygen atoms in total. The van der Waals surface area contributed by atoms with Crippen LogP contribution in [-0.4, -0.2) is 22.0 Å². The van der Waals surface area contributed by atoms with Crippen molar-refractivity contribution in [1.82, 2.24) is 4.98 Å². The summed E-state index contributed by atoms with van der Waals surface area (Å²) in [4.78, 5) is 27.2. The maximum Gasteiger partial charge on any atom is 0.335 e. The van der Waals surface area contributed by atoms with Gasteiger partial charge in [-0.1, -0.05) is 6.07 Å². The van der Waals surface area contributed by atoms with E-state index in [4.69, 9.17) is 5.11 Å². The number of hydrogen-bond acceptors (Lipinski definition) is 4. The molecular formula is C12H9BrN2O3S. The number of carbonyl (C=O) groups is 2. The number of carboxylic acids is 1. The number of nitrogens with zero attached hydrogens (tertiary/aromatic N) is 1. The zero-order valence-corrected chi connectivity index (χ0v) is 12.2. The van der Waals surface area contributed by atoms with Gasteiger partial charge in [-0.3, -0.25) is 4.79 Å². The van der Waals surface area contributed by atoms with Crippen LogP contribution in [0.15, 0.2) is 28.3 Å². The Kier molecular flexibility index (Phi) is 3.96. The average molecular weight is 341 g/mol. The van der Waals surface area contributed by atoms with E-state index in [2.05, 4.69) is 26.2 Å². The summed E-state index contributed by atoms with van der Waals surface area (Å²) in [5, 5.41) is 11.6. The fourth-order valence-electron chi connectivity index (χ4n) is 1.43. The van der Waals surface area contributed by atoms with Gasteiger partial charge in [-0.05, 0) is 40.5 Å². The minimum atomic E-state index is -1.03. The number of amides is 1. The molecule has 0 aliphatic heterocycles. The van der Waals surface area contributed by atoms with Crippen molar-refractivity contribution in [3.8, 4) is 0 Å². The zero-order valence-electron chi connectivity index (χ0n) is 9.81. The molecule has 0 fully saturated rings. The van der Waals surface area contributed by atoms with Crippen molar-refractivity contribution < 1.29 is 14.7 Å². The number of thiazole rings is 1. The van der Waals surface area contributed by atoms with Gasteiger partial charge < -0.3 is 10.4 Å². The van der Waals surface area contributed by atoms with E-state index in [0.717, 1.165) is 5.56 Å². The number of carbonyl (C=O) groups excluding carboxylic acids is 1. The number of aromatic nitrogens is 1.